The van der Waals surface area contributed by atoms with E-state index in [9.17, 15) is 0 Å². The van der Waals surface area contributed by atoms with Gasteiger partial charge in [0.2, 0.25) is 0 Å². The lowest BCUT2D eigenvalue weighted by Crippen LogP contribution is -2.18. The number of aliphatic hydroxyl groups excluding tert-OH is 1. The molecule has 1 rings (SSSR count). The average molecular weight is 227 g/mol. The molecule has 0 aliphatic rings. The summed E-state index contributed by atoms with van der Waals surface area (Å²) in [5.41, 5.74) is 0. The first-order chi connectivity index (χ1) is 7.43. The van der Waals surface area contributed by atoms with Gasteiger partial charge in [0.05, 0.1) is 6.54 Å². The minimum atomic E-state index is 0.290. The van der Waals surface area contributed by atoms with Crippen LogP contribution in [0.5, 0.6) is 0 Å². The van der Waals surface area contributed by atoms with Crippen LogP contribution in [0, 0.1) is 0 Å². The van der Waals surface area contributed by atoms with Crippen molar-refractivity contribution in [3.63, 3.8) is 0 Å². The normalized spacial score (nSPS) is 10.5. The summed E-state index contributed by atoms with van der Waals surface area (Å²) in [5.74, 6) is 2.92. The fourth-order valence-corrected chi connectivity index (χ4v) is 1.86. The van der Waals surface area contributed by atoms with Gasteiger partial charge in [0.1, 0.15) is 5.82 Å². The van der Waals surface area contributed by atoms with Gasteiger partial charge in [-0.05, 0) is 18.2 Å². The molecular formula is C10H17N3OS. The van der Waals surface area contributed by atoms with Gasteiger partial charge in [0.15, 0.2) is 0 Å². The van der Waals surface area contributed by atoms with Crippen LogP contribution in [0.4, 0.5) is 0 Å². The minimum Gasteiger partial charge on any atom is -0.396 e. The van der Waals surface area contributed by atoms with Crippen LogP contribution in [0.25, 0.3) is 0 Å². The van der Waals surface area contributed by atoms with Crippen molar-refractivity contribution < 1.29 is 5.11 Å². The van der Waals surface area contributed by atoms with Crippen LogP contribution in [-0.4, -0.2) is 39.7 Å². The largest absolute Gasteiger partial charge is 0.396 e. The van der Waals surface area contributed by atoms with E-state index in [-0.39, 0.29) is 6.61 Å². The second-order valence-corrected chi connectivity index (χ2v) is 4.26. The van der Waals surface area contributed by atoms with E-state index in [1.165, 1.54) is 0 Å². The van der Waals surface area contributed by atoms with Crippen molar-refractivity contribution in [3.8, 4) is 0 Å². The van der Waals surface area contributed by atoms with E-state index in [1.54, 1.807) is 12.4 Å². The molecule has 4 nitrogen and oxygen atoms in total. The SMILES string of the molecule is OCCCSCCNCc1ncccn1. The maximum Gasteiger partial charge on any atom is 0.141 e. The van der Waals surface area contributed by atoms with Crippen LogP contribution >= 0.6 is 11.8 Å². The van der Waals surface area contributed by atoms with E-state index in [0.717, 1.165) is 36.8 Å². The van der Waals surface area contributed by atoms with E-state index in [2.05, 4.69) is 15.3 Å². The molecule has 0 aromatic carbocycles. The highest BCUT2D eigenvalue weighted by Gasteiger charge is 1.93. The lowest BCUT2D eigenvalue weighted by Gasteiger charge is -2.03. The van der Waals surface area contributed by atoms with Crippen LogP contribution in [-0.2, 0) is 6.54 Å². The molecule has 0 unspecified atom stereocenters. The number of rotatable bonds is 8. The predicted octanol–water partition coefficient (Wildman–Crippen LogP) is 0.682. The van der Waals surface area contributed by atoms with Crippen LogP contribution in [0.15, 0.2) is 18.5 Å². The molecule has 1 heterocycles. The van der Waals surface area contributed by atoms with Gasteiger partial charge in [0.25, 0.3) is 0 Å². The quantitative estimate of drug-likeness (QED) is 0.640. The molecule has 15 heavy (non-hydrogen) atoms. The zero-order valence-corrected chi connectivity index (χ0v) is 9.54. The van der Waals surface area contributed by atoms with Gasteiger partial charge in [-0.3, -0.25) is 0 Å². The zero-order valence-electron chi connectivity index (χ0n) is 8.72. The van der Waals surface area contributed by atoms with E-state index in [1.807, 2.05) is 17.8 Å². The fourth-order valence-electron chi connectivity index (χ4n) is 1.03. The van der Waals surface area contributed by atoms with Gasteiger partial charge in [-0.2, -0.15) is 11.8 Å². The van der Waals surface area contributed by atoms with Crippen molar-refractivity contribution in [3.05, 3.63) is 24.3 Å². The van der Waals surface area contributed by atoms with Gasteiger partial charge >= 0.3 is 0 Å². The smallest absolute Gasteiger partial charge is 0.141 e. The van der Waals surface area contributed by atoms with Crippen molar-refractivity contribution in [2.45, 2.75) is 13.0 Å². The molecular weight excluding hydrogens is 210 g/mol. The highest BCUT2D eigenvalue weighted by molar-refractivity contribution is 7.99. The number of thioether (sulfide) groups is 1. The Balaban J connectivity index is 1.93. The van der Waals surface area contributed by atoms with Crippen LogP contribution < -0.4 is 5.32 Å². The monoisotopic (exact) mass is 227 g/mol. The van der Waals surface area contributed by atoms with Crippen LogP contribution in [0.3, 0.4) is 0 Å². The van der Waals surface area contributed by atoms with Gasteiger partial charge < -0.3 is 10.4 Å². The van der Waals surface area contributed by atoms with Crippen LogP contribution in [0.1, 0.15) is 12.2 Å². The minimum absolute atomic E-state index is 0.290. The Morgan fingerprint density at radius 2 is 2.07 bits per heavy atom. The van der Waals surface area contributed by atoms with Gasteiger partial charge in [-0.15, -0.1) is 0 Å². The first-order valence-corrected chi connectivity index (χ1v) is 6.24. The van der Waals surface area contributed by atoms with Crippen LogP contribution in [0.2, 0.25) is 0 Å². The first-order valence-electron chi connectivity index (χ1n) is 5.08. The number of nitrogens with zero attached hydrogens (tertiary/aromatic N) is 2. The molecule has 0 aliphatic carbocycles. The summed E-state index contributed by atoms with van der Waals surface area (Å²) >= 11 is 1.85. The predicted molar refractivity (Wildman–Crippen MR) is 62.8 cm³/mol. The van der Waals surface area contributed by atoms with Gasteiger partial charge in [0, 0.05) is 31.3 Å². The molecule has 0 spiro atoms. The number of nitrogens with one attached hydrogen (secondary N) is 1. The van der Waals surface area contributed by atoms with Crippen molar-refractivity contribution in [2.75, 3.05) is 24.7 Å². The Hall–Kier alpha value is -0.650. The summed E-state index contributed by atoms with van der Waals surface area (Å²) in [6, 6.07) is 1.81. The third kappa shape index (κ3) is 6.43. The third-order valence-electron chi connectivity index (χ3n) is 1.77. The Morgan fingerprint density at radius 1 is 1.27 bits per heavy atom. The number of aromatic nitrogens is 2. The molecule has 5 heteroatoms. The molecule has 0 aliphatic heterocycles. The van der Waals surface area contributed by atoms with E-state index in [0.29, 0.717) is 0 Å². The molecule has 0 saturated heterocycles. The molecule has 1 aromatic rings. The molecule has 0 amide bonds. The molecule has 0 saturated carbocycles. The molecule has 84 valence electrons. The van der Waals surface area contributed by atoms with E-state index >= 15 is 0 Å². The Bertz CT molecular complexity index is 246. The summed E-state index contributed by atoms with van der Waals surface area (Å²) in [4.78, 5) is 8.22. The lowest BCUT2D eigenvalue weighted by atomic mass is 10.5. The number of hydrogen-bond donors (Lipinski definition) is 2. The Labute approximate surface area is 94.5 Å². The summed E-state index contributed by atoms with van der Waals surface area (Å²) in [7, 11) is 0. The molecule has 0 radical (unpaired) electrons. The van der Waals surface area contributed by atoms with E-state index < -0.39 is 0 Å². The second-order valence-electron chi connectivity index (χ2n) is 3.03. The maximum atomic E-state index is 8.57. The fraction of sp³-hybridized carbons (Fsp3) is 0.600. The summed E-state index contributed by atoms with van der Waals surface area (Å²) in [5, 5.41) is 11.8. The zero-order chi connectivity index (χ0) is 10.8. The third-order valence-corrected chi connectivity index (χ3v) is 2.84. The molecule has 0 bridgehead atoms. The number of aliphatic hydroxyl groups is 1. The highest BCUT2D eigenvalue weighted by Crippen LogP contribution is 2.00. The average Bonchev–Trinajstić information content (AvgIpc) is 2.29. The molecule has 0 atom stereocenters. The highest BCUT2D eigenvalue weighted by atomic mass is 32.2. The van der Waals surface area contributed by atoms with Crippen molar-refractivity contribution in [2.24, 2.45) is 0 Å². The van der Waals surface area contributed by atoms with E-state index in [4.69, 9.17) is 5.11 Å². The van der Waals surface area contributed by atoms with Gasteiger partial charge in [-0.1, -0.05) is 0 Å². The Morgan fingerprint density at radius 3 is 2.80 bits per heavy atom. The Kier molecular flexibility index (Phi) is 7.16. The summed E-state index contributed by atoms with van der Waals surface area (Å²) in [6.45, 7) is 1.97. The summed E-state index contributed by atoms with van der Waals surface area (Å²) < 4.78 is 0. The molecule has 1 aromatic heterocycles. The van der Waals surface area contributed by atoms with Crippen molar-refractivity contribution in [1.29, 1.82) is 0 Å². The molecule has 0 fully saturated rings. The number of hydrogen-bond acceptors (Lipinski definition) is 5. The van der Waals surface area contributed by atoms with Crippen molar-refractivity contribution in [1.82, 2.24) is 15.3 Å². The topological polar surface area (TPSA) is 58.0 Å². The lowest BCUT2D eigenvalue weighted by molar-refractivity contribution is 0.296. The summed E-state index contributed by atoms with van der Waals surface area (Å²) in [6.07, 6.45) is 4.38. The second kappa shape index (κ2) is 8.64. The van der Waals surface area contributed by atoms with Gasteiger partial charge in [-0.25, -0.2) is 9.97 Å². The molecule has 2 N–H and O–H groups in total. The standard InChI is InChI=1S/C10H17N3OS/c14-6-2-7-15-8-5-11-9-10-12-3-1-4-13-10/h1,3-4,11,14H,2,5-9H2. The first kappa shape index (κ1) is 12.4. The maximum absolute atomic E-state index is 8.57. The van der Waals surface area contributed by atoms with Crippen molar-refractivity contribution >= 4 is 11.8 Å².